The molecule has 0 spiro atoms. The lowest BCUT2D eigenvalue weighted by Crippen LogP contribution is -2.17. The van der Waals surface area contributed by atoms with Crippen molar-refractivity contribution < 1.29 is 4.74 Å². The predicted molar refractivity (Wildman–Crippen MR) is 75.9 cm³/mol. The summed E-state index contributed by atoms with van der Waals surface area (Å²) in [4.78, 5) is 1.10. The number of thiophene rings is 1. The molecule has 0 saturated carbocycles. The van der Waals surface area contributed by atoms with Crippen molar-refractivity contribution in [1.82, 2.24) is 0 Å². The minimum Gasteiger partial charge on any atom is -0.482 e. The second-order valence-corrected chi connectivity index (χ2v) is 5.73. The molecule has 0 aliphatic carbocycles. The van der Waals surface area contributed by atoms with Crippen LogP contribution in [0.1, 0.15) is 11.0 Å². The summed E-state index contributed by atoms with van der Waals surface area (Å²) in [6, 6.07) is 9.52. The molecular weight excluding hydrogens is 322 g/mol. The van der Waals surface area contributed by atoms with Crippen molar-refractivity contribution in [2.75, 3.05) is 6.54 Å². The monoisotopic (exact) mass is 331 g/mol. The number of rotatable bonds is 4. The van der Waals surface area contributed by atoms with Crippen LogP contribution in [-0.2, 0) is 0 Å². The Kier molecular flexibility index (Phi) is 4.45. The molecule has 1 unspecified atom stereocenters. The number of hydrogen-bond donors (Lipinski definition) is 1. The van der Waals surface area contributed by atoms with E-state index in [1.165, 1.54) is 0 Å². The van der Waals surface area contributed by atoms with Gasteiger partial charge in [-0.05, 0) is 29.6 Å². The minimum atomic E-state index is -0.145. The molecule has 0 aliphatic heterocycles. The van der Waals surface area contributed by atoms with Gasteiger partial charge in [-0.3, -0.25) is 0 Å². The summed E-state index contributed by atoms with van der Waals surface area (Å²) in [5.74, 6) is 0.652. The number of hydrogen-bond acceptors (Lipinski definition) is 3. The lowest BCUT2D eigenvalue weighted by molar-refractivity contribution is 0.218. The van der Waals surface area contributed by atoms with E-state index in [0.717, 1.165) is 9.35 Å². The van der Waals surface area contributed by atoms with Crippen molar-refractivity contribution in [3.63, 3.8) is 0 Å². The standard InChI is InChI=1S/C12H11BrClNOS/c13-8-3-4-10(9(14)6-8)16-11(7-15)12-2-1-5-17-12/h1-6,11H,7,15H2. The van der Waals surface area contributed by atoms with Gasteiger partial charge >= 0.3 is 0 Å². The molecule has 17 heavy (non-hydrogen) atoms. The quantitative estimate of drug-likeness (QED) is 0.908. The fraction of sp³-hybridized carbons (Fsp3) is 0.167. The number of benzene rings is 1. The Labute approximate surface area is 117 Å². The molecule has 0 saturated heterocycles. The lowest BCUT2D eigenvalue weighted by Gasteiger charge is -2.17. The van der Waals surface area contributed by atoms with E-state index in [1.807, 2.05) is 29.6 Å². The van der Waals surface area contributed by atoms with E-state index in [4.69, 9.17) is 22.1 Å². The topological polar surface area (TPSA) is 35.2 Å². The van der Waals surface area contributed by atoms with Crippen molar-refractivity contribution in [3.8, 4) is 5.75 Å². The molecule has 0 aliphatic rings. The molecule has 1 aromatic carbocycles. The summed E-state index contributed by atoms with van der Waals surface area (Å²) in [6.45, 7) is 0.424. The highest BCUT2D eigenvalue weighted by molar-refractivity contribution is 9.10. The highest BCUT2D eigenvalue weighted by Crippen LogP contribution is 2.32. The van der Waals surface area contributed by atoms with Gasteiger partial charge < -0.3 is 10.5 Å². The van der Waals surface area contributed by atoms with Crippen molar-refractivity contribution in [3.05, 3.63) is 50.1 Å². The highest BCUT2D eigenvalue weighted by atomic mass is 79.9. The fourth-order valence-corrected chi connectivity index (χ4v) is 2.91. The number of halogens is 2. The predicted octanol–water partition coefficient (Wildman–Crippen LogP) is 4.24. The van der Waals surface area contributed by atoms with E-state index in [1.54, 1.807) is 17.4 Å². The lowest BCUT2D eigenvalue weighted by atomic mass is 10.3. The molecule has 90 valence electrons. The van der Waals surface area contributed by atoms with E-state index in [9.17, 15) is 0 Å². The van der Waals surface area contributed by atoms with Gasteiger partial charge in [0.2, 0.25) is 0 Å². The van der Waals surface area contributed by atoms with Gasteiger partial charge in [-0.2, -0.15) is 0 Å². The van der Waals surface area contributed by atoms with Gasteiger partial charge in [0.1, 0.15) is 11.9 Å². The van der Waals surface area contributed by atoms with Crippen LogP contribution in [0.5, 0.6) is 5.75 Å². The molecule has 1 atom stereocenters. The van der Waals surface area contributed by atoms with E-state index < -0.39 is 0 Å². The molecule has 2 aromatic rings. The molecule has 0 radical (unpaired) electrons. The van der Waals surface area contributed by atoms with Gasteiger partial charge in [0.05, 0.1) is 5.02 Å². The Morgan fingerprint density at radius 3 is 2.82 bits per heavy atom. The molecule has 2 rings (SSSR count). The van der Waals surface area contributed by atoms with Gasteiger partial charge in [0, 0.05) is 15.9 Å². The summed E-state index contributed by atoms with van der Waals surface area (Å²) in [7, 11) is 0. The molecule has 5 heteroatoms. The minimum absolute atomic E-state index is 0.145. The van der Waals surface area contributed by atoms with Crippen LogP contribution in [-0.4, -0.2) is 6.54 Å². The first-order valence-electron chi connectivity index (χ1n) is 5.06. The average molecular weight is 333 g/mol. The first-order chi connectivity index (χ1) is 8.20. The third-order valence-electron chi connectivity index (χ3n) is 2.24. The van der Waals surface area contributed by atoms with Crippen LogP contribution in [0.2, 0.25) is 5.02 Å². The third kappa shape index (κ3) is 3.22. The van der Waals surface area contributed by atoms with Crippen LogP contribution in [0.4, 0.5) is 0 Å². The summed E-state index contributed by atoms with van der Waals surface area (Å²) in [5, 5.41) is 2.58. The summed E-state index contributed by atoms with van der Waals surface area (Å²) in [6.07, 6.45) is -0.145. The Morgan fingerprint density at radius 1 is 1.41 bits per heavy atom. The molecule has 0 fully saturated rings. The largest absolute Gasteiger partial charge is 0.482 e. The molecular formula is C12H11BrClNOS. The fourth-order valence-electron chi connectivity index (χ4n) is 1.42. The maximum Gasteiger partial charge on any atom is 0.145 e. The van der Waals surface area contributed by atoms with Gasteiger partial charge in [-0.15, -0.1) is 11.3 Å². The van der Waals surface area contributed by atoms with Crippen LogP contribution in [0.15, 0.2) is 40.2 Å². The van der Waals surface area contributed by atoms with Crippen molar-refractivity contribution in [1.29, 1.82) is 0 Å². The Hall–Kier alpha value is -0.550. The van der Waals surface area contributed by atoms with Crippen LogP contribution in [0, 0.1) is 0 Å². The van der Waals surface area contributed by atoms with Crippen LogP contribution < -0.4 is 10.5 Å². The number of nitrogens with two attached hydrogens (primary N) is 1. The zero-order valence-corrected chi connectivity index (χ0v) is 12.1. The van der Waals surface area contributed by atoms with Crippen molar-refractivity contribution in [2.45, 2.75) is 6.10 Å². The summed E-state index contributed by atoms with van der Waals surface area (Å²) < 4.78 is 6.75. The summed E-state index contributed by atoms with van der Waals surface area (Å²) >= 11 is 11.1. The third-order valence-corrected chi connectivity index (χ3v) is 3.99. The first kappa shape index (κ1) is 12.9. The Balaban J connectivity index is 2.19. The molecule has 0 bridgehead atoms. The Morgan fingerprint density at radius 2 is 2.24 bits per heavy atom. The highest BCUT2D eigenvalue weighted by Gasteiger charge is 2.14. The zero-order valence-electron chi connectivity index (χ0n) is 8.90. The Bertz CT molecular complexity index is 489. The first-order valence-corrected chi connectivity index (χ1v) is 7.11. The average Bonchev–Trinajstić information content (AvgIpc) is 2.81. The van der Waals surface area contributed by atoms with E-state index in [0.29, 0.717) is 17.3 Å². The van der Waals surface area contributed by atoms with E-state index in [-0.39, 0.29) is 6.10 Å². The van der Waals surface area contributed by atoms with Crippen LogP contribution in [0.3, 0.4) is 0 Å². The van der Waals surface area contributed by atoms with E-state index >= 15 is 0 Å². The van der Waals surface area contributed by atoms with Crippen LogP contribution in [0.25, 0.3) is 0 Å². The van der Waals surface area contributed by atoms with Crippen molar-refractivity contribution in [2.24, 2.45) is 5.73 Å². The molecule has 1 aromatic heterocycles. The van der Waals surface area contributed by atoms with Gasteiger partial charge in [0.15, 0.2) is 0 Å². The SMILES string of the molecule is NCC(Oc1ccc(Br)cc1Cl)c1cccs1. The van der Waals surface area contributed by atoms with Crippen LogP contribution >= 0.6 is 38.9 Å². The molecule has 2 N–H and O–H groups in total. The van der Waals surface area contributed by atoms with Gasteiger partial charge in [0.25, 0.3) is 0 Å². The number of ether oxygens (including phenoxy) is 1. The molecule has 0 amide bonds. The second kappa shape index (κ2) is 5.87. The second-order valence-electron chi connectivity index (χ2n) is 3.43. The molecule has 2 nitrogen and oxygen atoms in total. The molecule has 1 heterocycles. The zero-order chi connectivity index (χ0) is 12.3. The normalized spacial score (nSPS) is 12.4. The maximum absolute atomic E-state index is 6.10. The van der Waals surface area contributed by atoms with Crippen molar-refractivity contribution >= 4 is 38.9 Å². The smallest absolute Gasteiger partial charge is 0.145 e. The maximum atomic E-state index is 6.10. The van der Waals surface area contributed by atoms with Gasteiger partial charge in [-0.1, -0.05) is 33.6 Å². The summed E-state index contributed by atoms with van der Waals surface area (Å²) in [5.41, 5.74) is 5.72. The van der Waals surface area contributed by atoms with Gasteiger partial charge in [-0.25, -0.2) is 0 Å². The van der Waals surface area contributed by atoms with E-state index in [2.05, 4.69) is 15.9 Å².